The number of likely N-dealkylation sites (tertiary alicyclic amines) is 1. The molecule has 2 heterocycles. The fourth-order valence-electron chi connectivity index (χ4n) is 4.11. The number of nitrogens with zero attached hydrogens (tertiary/aromatic N) is 1. The van der Waals surface area contributed by atoms with Gasteiger partial charge in [-0.3, -0.25) is 14.5 Å². The van der Waals surface area contributed by atoms with Crippen molar-refractivity contribution in [1.29, 1.82) is 0 Å². The lowest BCUT2D eigenvalue weighted by atomic mass is 9.91. The van der Waals surface area contributed by atoms with Gasteiger partial charge in [0.1, 0.15) is 11.6 Å². The molecule has 1 amide bonds. The van der Waals surface area contributed by atoms with E-state index in [4.69, 9.17) is 4.42 Å². The molecule has 3 rings (SSSR count). The molecule has 1 aromatic heterocycles. The van der Waals surface area contributed by atoms with E-state index in [1.165, 1.54) is 18.9 Å². The lowest BCUT2D eigenvalue weighted by molar-refractivity contribution is -0.137. The van der Waals surface area contributed by atoms with Gasteiger partial charge in [-0.1, -0.05) is 31.0 Å². The number of furan rings is 1. The number of rotatable bonds is 9. The van der Waals surface area contributed by atoms with Crippen LogP contribution in [0, 0.1) is 5.82 Å². The maximum atomic E-state index is 14.2. The summed E-state index contributed by atoms with van der Waals surface area (Å²) in [5.41, 5.74) is 0.255. The molecule has 0 spiro atoms. The first-order chi connectivity index (χ1) is 14.5. The Morgan fingerprint density at radius 2 is 1.80 bits per heavy atom. The van der Waals surface area contributed by atoms with Crippen molar-refractivity contribution in [2.75, 3.05) is 19.6 Å². The summed E-state index contributed by atoms with van der Waals surface area (Å²) in [7, 11) is 0. The van der Waals surface area contributed by atoms with Gasteiger partial charge in [0, 0.05) is 18.9 Å². The smallest absolute Gasteiger partial charge is 0.303 e. The van der Waals surface area contributed by atoms with Crippen molar-refractivity contribution in [3.63, 3.8) is 0 Å². The Hall–Kier alpha value is -2.67. The van der Waals surface area contributed by atoms with Gasteiger partial charge >= 0.3 is 5.97 Å². The van der Waals surface area contributed by atoms with Gasteiger partial charge in [0.2, 0.25) is 5.91 Å². The van der Waals surface area contributed by atoms with Crippen molar-refractivity contribution in [2.45, 2.75) is 50.5 Å². The van der Waals surface area contributed by atoms with E-state index in [2.05, 4.69) is 10.2 Å². The molecule has 0 saturated carbocycles. The highest BCUT2D eigenvalue weighted by atomic mass is 19.1. The second kappa shape index (κ2) is 10.9. The van der Waals surface area contributed by atoms with Crippen LogP contribution in [0.25, 0.3) is 0 Å². The molecule has 0 bridgehead atoms. The molecule has 2 aromatic rings. The van der Waals surface area contributed by atoms with Crippen LogP contribution in [0.15, 0.2) is 47.1 Å². The first-order valence-electron chi connectivity index (χ1n) is 10.5. The zero-order valence-corrected chi connectivity index (χ0v) is 17.1. The van der Waals surface area contributed by atoms with E-state index >= 15 is 0 Å². The summed E-state index contributed by atoms with van der Waals surface area (Å²) in [6.07, 6.45) is 5.86. The molecule has 6 nitrogen and oxygen atoms in total. The van der Waals surface area contributed by atoms with E-state index in [0.717, 1.165) is 31.7 Å². The third kappa shape index (κ3) is 6.16. The van der Waals surface area contributed by atoms with Gasteiger partial charge in [0.05, 0.1) is 18.7 Å². The molecule has 2 N–H and O–H groups in total. The molecule has 162 valence electrons. The lowest BCUT2D eigenvalue weighted by Gasteiger charge is -2.29. The predicted molar refractivity (Wildman–Crippen MR) is 111 cm³/mol. The molecule has 1 saturated heterocycles. The van der Waals surface area contributed by atoms with Crippen LogP contribution < -0.4 is 5.32 Å². The number of amides is 1. The van der Waals surface area contributed by atoms with E-state index in [1.54, 1.807) is 24.5 Å². The van der Waals surface area contributed by atoms with E-state index in [-0.39, 0.29) is 30.4 Å². The number of carboxylic acids is 1. The number of nitrogens with one attached hydrogen (secondary N) is 1. The highest BCUT2D eigenvalue weighted by Gasteiger charge is 2.26. The van der Waals surface area contributed by atoms with Crippen molar-refractivity contribution in [3.8, 4) is 0 Å². The van der Waals surface area contributed by atoms with Gasteiger partial charge in [-0.25, -0.2) is 4.39 Å². The lowest BCUT2D eigenvalue weighted by Crippen LogP contribution is -2.39. The van der Waals surface area contributed by atoms with Crippen LogP contribution in [0.2, 0.25) is 0 Å². The summed E-state index contributed by atoms with van der Waals surface area (Å²) >= 11 is 0. The highest BCUT2D eigenvalue weighted by Crippen LogP contribution is 2.27. The molecular weight excluding hydrogens is 387 g/mol. The van der Waals surface area contributed by atoms with Gasteiger partial charge in [0.25, 0.3) is 0 Å². The fraction of sp³-hybridized carbons (Fsp3) is 0.478. The van der Waals surface area contributed by atoms with Gasteiger partial charge in [-0.05, 0) is 49.7 Å². The Balaban J connectivity index is 1.66. The number of aliphatic carboxylic acids is 1. The normalized spacial score (nSPS) is 17.1. The Bertz CT molecular complexity index is 816. The first kappa shape index (κ1) is 22.0. The van der Waals surface area contributed by atoms with Gasteiger partial charge in [0.15, 0.2) is 0 Å². The van der Waals surface area contributed by atoms with E-state index in [0.29, 0.717) is 6.54 Å². The van der Waals surface area contributed by atoms with Crippen molar-refractivity contribution in [2.24, 2.45) is 0 Å². The maximum absolute atomic E-state index is 14.2. The summed E-state index contributed by atoms with van der Waals surface area (Å²) in [6, 6.07) is 9.70. The van der Waals surface area contributed by atoms with Crippen LogP contribution in [0.1, 0.15) is 61.8 Å². The van der Waals surface area contributed by atoms with Crippen LogP contribution in [-0.2, 0) is 9.59 Å². The summed E-state index contributed by atoms with van der Waals surface area (Å²) in [5.74, 6) is -1.77. The second-order valence-electron chi connectivity index (χ2n) is 7.81. The monoisotopic (exact) mass is 416 g/mol. The highest BCUT2D eigenvalue weighted by molar-refractivity contribution is 5.78. The molecule has 2 atom stereocenters. The number of halogens is 1. The van der Waals surface area contributed by atoms with Crippen molar-refractivity contribution in [1.82, 2.24) is 10.2 Å². The molecule has 2 unspecified atom stereocenters. The average Bonchev–Trinajstić information content (AvgIpc) is 3.10. The number of hydrogen-bond donors (Lipinski definition) is 2. The molecule has 1 aromatic carbocycles. The van der Waals surface area contributed by atoms with Crippen molar-refractivity contribution < 1.29 is 23.5 Å². The van der Waals surface area contributed by atoms with Crippen molar-refractivity contribution in [3.05, 3.63) is 59.8 Å². The molecule has 0 aliphatic carbocycles. The van der Waals surface area contributed by atoms with Gasteiger partial charge < -0.3 is 14.8 Å². The molecule has 1 aliphatic rings. The number of carboxylic acid groups (broad SMARTS) is 1. The predicted octanol–water partition coefficient (Wildman–Crippen LogP) is 4.10. The first-order valence-corrected chi connectivity index (χ1v) is 10.5. The Morgan fingerprint density at radius 3 is 2.43 bits per heavy atom. The summed E-state index contributed by atoms with van der Waals surface area (Å²) < 4.78 is 19.8. The van der Waals surface area contributed by atoms with Gasteiger partial charge in [-0.2, -0.15) is 0 Å². The molecule has 1 aliphatic heterocycles. The SMILES string of the molecule is O=C(O)CC(CC(=O)NCC(c1ccco1)N1CCCCCC1)c1ccccc1F. The van der Waals surface area contributed by atoms with Crippen LogP contribution in [-0.4, -0.2) is 41.5 Å². The van der Waals surface area contributed by atoms with E-state index in [9.17, 15) is 19.1 Å². The summed E-state index contributed by atoms with van der Waals surface area (Å²) in [6.45, 7) is 2.25. The van der Waals surface area contributed by atoms with Crippen LogP contribution in [0.3, 0.4) is 0 Å². The Morgan fingerprint density at radius 1 is 1.07 bits per heavy atom. The number of benzene rings is 1. The molecule has 0 radical (unpaired) electrons. The number of carbonyl (C=O) groups is 2. The van der Waals surface area contributed by atoms with Crippen LogP contribution >= 0.6 is 0 Å². The third-order valence-electron chi connectivity index (χ3n) is 5.64. The van der Waals surface area contributed by atoms with E-state index < -0.39 is 17.7 Å². The second-order valence-corrected chi connectivity index (χ2v) is 7.81. The minimum Gasteiger partial charge on any atom is -0.481 e. The molecule has 7 heteroatoms. The standard InChI is InChI=1S/C23H29FN2O4/c24-19-9-4-3-8-18(19)17(15-23(28)29)14-22(27)25-16-20(21-10-7-13-30-21)26-11-5-1-2-6-12-26/h3-4,7-10,13,17,20H,1-2,5-6,11-12,14-16H2,(H,25,27)(H,28,29). The van der Waals surface area contributed by atoms with Gasteiger partial charge in [-0.15, -0.1) is 0 Å². The number of carbonyl (C=O) groups excluding carboxylic acids is 1. The van der Waals surface area contributed by atoms with Crippen molar-refractivity contribution >= 4 is 11.9 Å². The molecule has 1 fully saturated rings. The quantitative estimate of drug-likeness (QED) is 0.643. The minimum absolute atomic E-state index is 0.0755. The zero-order valence-electron chi connectivity index (χ0n) is 17.1. The summed E-state index contributed by atoms with van der Waals surface area (Å²) in [5, 5.41) is 12.1. The largest absolute Gasteiger partial charge is 0.481 e. The minimum atomic E-state index is -1.06. The van der Waals surface area contributed by atoms with Crippen LogP contribution in [0.4, 0.5) is 4.39 Å². The summed E-state index contributed by atoms with van der Waals surface area (Å²) in [4.78, 5) is 26.3. The maximum Gasteiger partial charge on any atom is 0.303 e. The zero-order chi connectivity index (χ0) is 21.3. The average molecular weight is 416 g/mol. The topological polar surface area (TPSA) is 82.8 Å². The Labute approximate surface area is 176 Å². The van der Waals surface area contributed by atoms with E-state index in [1.807, 2.05) is 12.1 Å². The molecule has 30 heavy (non-hydrogen) atoms. The van der Waals surface area contributed by atoms with Crippen LogP contribution in [0.5, 0.6) is 0 Å². The molecular formula is C23H29FN2O4. The number of hydrogen-bond acceptors (Lipinski definition) is 4. The third-order valence-corrected chi connectivity index (χ3v) is 5.64. The Kier molecular flexibility index (Phi) is 8.02. The fourth-order valence-corrected chi connectivity index (χ4v) is 4.11.